The normalized spacial score (nSPS) is 12.5. The molecule has 0 fully saturated rings. The summed E-state index contributed by atoms with van der Waals surface area (Å²) in [6, 6.07) is 8.91. The molecule has 0 aliphatic carbocycles. The minimum atomic E-state index is 0.0376. The van der Waals surface area contributed by atoms with Crippen LogP contribution in [0, 0.1) is 34.6 Å². The van der Waals surface area contributed by atoms with Crippen molar-refractivity contribution in [1.82, 2.24) is 0 Å². The molecule has 2 aromatic carbocycles. The van der Waals surface area contributed by atoms with E-state index in [-0.39, 0.29) is 6.04 Å². The molecule has 1 unspecified atom stereocenters. The third-order valence-electron chi connectivity index (χ3n) is 4.15. The van der Waals surface area contributed by atoms with Crippen molar-refractivity contribution in [1.29, 1.82) is 0 Å². The van der Waals surface area contributed by atoms with Gasteiger partial charge in [0.1, 0.15) is 0 Å². The van der Waals surface area contributed by atoms with Crippen molar-refractivity contribution in [3.63, 3.8) is 0 Å². The standard InChI is InChI=1S/C19H24BrN/c1-11-6-12(2)17(13(3)7-11)10-18(21)16-8-14(4)19(20)15(5)9-16/h6-9,18H,10,21H2,1-5H3. The Kier molecular flexibility index (Phi) is 4.90. The highest BCUT2D eigenvalue weighted by Crippen LogP contribution is 2.28. The molecular formula is C19H24BrN. The van der Waals surface area contributed by atoms with E-state index in [1.54, 1.807) is 0 Å². The summed E-state index contributed by atoms with van der Waals surface area (Å²) in [6.07, 6.45) is 0.887. The van der Waals surface area contributed by atoms with E-state index in [0.29, 0.717) is 0 Å². The van der Waals surface area contributed by atoms with Gasteiger partial charge < -0.3 is 5.73 Å². The van der Waals surface area contributed by atoms with Crippen LogP contribution in [0.4, 0.5) is 0 Å². The predicted molar refractivity (Wildman–Crippen MR) is 94.9 cm³/mol. The summed E-state index contributed by atoms with van der Waals surface area (Å²) in [6.45, 7) is 10.7. The monoisotopic (exact) mass is 345 g/mol. The SMILES string of the molecule is Cc1cc(C)c(CC(N)c2cc(C)c(Br)c(C)c2)c(C)c1. The Balaban J connectivity index is 2.32. The minimum Gasteiger partial charge on any atom is -0.324 e. The summed E-state index contributed by atoms with van der Waals surface area (Å²) in [7, 11) is 0. The van der Waals surface area contributed by atoms with E-state index < -0.39 is 0 Å². The van der Waals surface area contributed by atoms with Crippen molar-refractivity contribution >= 4 is 15.9 Å². The lowest BCUT2D eigenvalue weighted by Gasteiger charge is -2.18. The summed E-state index contributed by atoms with van der Waals surface area (Å²) < 4.78 is 1.18. The molecule has 0 aliphatic heterocycles. The van der Waals surface area contributed by atoms with Crippen molar-refractivity contribution in [2.24, 2.45) is 5.73 Å². The fourth-order valence-electron chi connectivity index (χ4n) is 3.06. The van der Waals surface area contributed by atoms with E-state index >= 15 is 0 Å². The highest BCUT2D eigenvalue weighted by Gasteiger charge is 2.13. The first-order valence-corrected chi connectivity index (χ1v) is 8.18. The Morgan fingerprint density at radius 1 is 0.857 bits per heavy atom. The molecule has 2 N–H and O–H groups in total. The molecule has 2 aromatic rings. The maximum atomic E-state index is 6.48. The Hall–Kier alpha value is -1.12. The number of hydrogen-bond acceptors (Lipinski definition) is 1. The van der Waals surface area contributed by atoms with Gasteiger partial charge in [0.15, 0.2) is 0 Å². The highest BCUT2D eigenvalue weighted by atomic mass is 79.9. The van der Waals surface area contributed by atoms with E-state index in [9.17, 15) is 0 Å². The van der Waals surface area contributed by atoms with E-state index in [4.69, 9.17) is 5.73 Å². The zero-order valence-electron chi connectivity index (χ0n) is 13.5. The van der Waals surface area contributed by atoms with E-state index in [2.05, 4.69) is 74.8 Å². The molecule has 0 aliphatic rings. The molecule has 0 aromatic heterocycles. The Morgan fingerprint density at radius 3 is 1.81 bits per heavy atom. The number of nitrogens with two attached hydrogens (primary N) is 1. The van der Waals surface area contributed by atoms with Gasteiger partial charge in [0, 0.05) is 10.5 Å². The molecule has 2 rings (SSSR count). The van der Waals surface area contributed by atoms with Crippen molar-refractivity contribution in [3.05, 3.63) is 67.7 Å². The topological polar surface area (TPSA) is 26.0 Å². The van der Waals surface area contributed by atoms with Gasteiger partial charge in [0.2, 0.25) is 0 Å². The summed E-state index contributed by atoms with van der Waals surface area (Å²) in [4.78, 5) is 0. The molecule has 112 valence electrons. The molecule has 1 atom stereocenters. The Bertz CT molecular complexity index is 627. The number of benzene rings is 2. The predicted octanol–water partition coefficient (Wildman–Crippen LogP) is 5.23. The Labute approximate surface area is 136 Å². The first-order chi connectivity index (χ1) is 9.79. The maximum Gasteiger partial charge on any atom is 0.0336 e. The quantitative estimate of drug-likeness (QED) is 0.809. The summed E-state index contributed by atoms with van der Waals surface area (Å²) in [5.74, 6) is 0. The van der Waals surface area contributed by atoms with Crippen LogP contribution in [0.1, 0.15) is 45.0 Å². The van der Waals surface area contributed by atoms with Crippen LogP contribution >= 0.6 is 15.9 Å². The van der Waals surface area contributed by atoms with Gasteiger partial charge in [-0.1, -0.05) is 45.8 Å². The number of hydrogen-bond donors (Lipinski definition) is 1. The fourth-order valence-corrected chi connectivity index (χ4v) is 3.29. The highest BCUT2D eigenvalue weighted by molar-refractivity contribution is 9.10. The Morgan fingerprint density at radius 2 is 1.33 bits per heavy atom. The van der Waals surface area contributed by atoms with Gasteiger partial charge in [-0.25, -0.2) is 0 Å². The van der Waals surface area contributed by atoms with Crippen LogP contribution in [0.3, 0.4) is 0 Å². The second kappa shape index (κ2) is 6.33. The molecule has 1 nitrogen and oxygen atoms in total. The van der Waals surface area contributed by atoms with Gasteiger partial charge in [0.05, 0.1) is 0 Å². The van der Waals surface area contributed by atoms with E-state index in [1.165, 1.54) is 43.4 Å². The lowest BCUT2D eigenvalue weighted by atomic mass is 9.91. The maximum absolute atomic E-state index is 6.48. The van der Waals surface area contributed by atoms with Gasteiger partial charge in [-0.2, -0.15) is 0 Å². The van der Waals surface area contributed by atoms with Crippen LogP contribution in [0.5, 0.6) is 0 Å². The second-order valence-electron chi connectivity index (χ2n) is 6.16. The number of halogens is 1. The molecule has 0 heterocycles. The van der Waals surface area contributed by atoms with Crippen LogP contribution in [-0.2, 0) is 6.42 Å². The molecule has 0 amide bonds. The number of aryl methyl sites for hydroxylation is 5. The van der Waals surface area contributed by atoms with Crippen molar-refractivity contribution in [2.75, 3.05) is 0 Å². The van der Waals surface area contributed by atoms with Crippen LogP contribution in [0.25, 0.3) is 0 Å². The van der Waals surface area contributed by atoms with Gasteiger partial charge in [-0.05, 0) is 74.4 Å². The third kappa shape index (κ3) is 3.56. The second-order valence-corrected chi connectivity index (χ2v) is 6.95. The average Bonchev–Trinajstić information content (AvgIpc) is 2.39. The third-order valence-corrected chi connectivity index (χ3v) is 5.40. The molecule has 2 heteroatoms. The van der Waals surface area contributed by atoms with Gasteiger partial charge >= 0.3 is 0 Å². The molecule has 0 bridgehead atoms. The fraction of sp³-hybridized carbons (Fsp3) is 0.368. The minimum absolute atomic E-state index is 0.0376. The van der Waals surface area contributed by atoms with Crippen LogP contribution in [0.15, 0.2) is 28.7 Å². The first-order valence-electron chi connectivity index (χ1n) is 7.38. The summed E-state index contributed by atoms with van der Waals surface area (Å²) in [5, 5.41) is 0. The van der Waals surface area contributed by atoms with Gasteiger partial charge in [0.25, 0.3) is 0 Å². The summed E-state index contributed by atoms with van der Waals surface area (Å²) >= 11 is 3.62. The lowest BCUT2D eigenvalue weighted by Crippen LogP contribution is -2.15. The largest absolute Gasteiger partial charge is 0.324 e. The van der Waals surface area contributed by atoms with E-state index in [1.807, 2.05) is 0 Å². The molecular weight excluding hydrogens is 322 g/mol. The van der Waals surface area contributed by atoms with Crippen LogP contribution < -0.4 is 5.73 Å². The molecule has 0 radical (unpaired) electrons. The van der Waals surface area contributed by atoms with Crippen LogP contribution in [-0.4, -0.2) is 0 Å². The van der Waals surface area contributed by atoms with Crippen molar-refractivity contribution in [3.8, 4) is 0 Å². The van der Waals surface area contributed by atoms with Gasteiger partial charge in [-0.3, -0.25) is 0 Å². The molecule has 21 heavy (non-hydrogen) atoms. The smallest absolute Gasteiger partial charge is 0.0336 e. The lowest BCUT2D eigenvalue weighted by molar-refractivity contribution is 0.713. The average molecular weight is 346 g/mol. The zero-order valence-corrected chi connectivity index (χ0v) is 15.1. The molecule has 0 spiro atoms. The summed E-state index contributed by atoms with van der Waals surface area (Å²) in [5.41, 5.74) is 15.6. The van der Waals surface area contributed by atoms with Gasteiger partial charge in [-0.15, -0.1) is 0 Å². The van der Waals surface area contributed by atoms with Crippen molar-refractivity contribution in [2.45, 2.75) is 47.1 Å². The van der Waals surface area contributed by atoms with E-state index in [0.717, 1.165) is 6.42 Å². The number of rotatable bonds is 3. The molecule has 0 saturated carbocycles. The van der Waals surface area contributed by atoms with Crippen molar-refractivity contribution < 1.29 is 0 Å². The molecule has 0 saturated heterocycles. The zero-order chi connectivity index (χ0) is 15.7. The first kappa shape index (κ1) is 16.3. The van der Waals surface area contributed by atoms with Crippen LogP contribution in [0.2, 0.25) is 0 Å².